The highest BCUT2D eigenvalue weighted by molar-refractivity contribution is 5.71. The van der Waals surface area contributed by atoms with Gasteiger partial charge in [-0.2, -0.15) is 0 Å². The maximum Gasteiger partial charge on any atom is 0.415 e. The zero-order chi connectivity index (χ0) is 12.3. The number of nitrogens with two attached hydrogens (primary N) is 1. The summed E-state index contributed by atoms with van der Waals surface area (Å²) in [5.74, 6) is -0.690. The van der Waals surface area contributed by atoms with E-state index in [1.54, 1.807) is 4.90 Å². The fourth-order valence-electron chi connectivity index (χ4n) is 1.83. The van der Waals surface area contributed by atoms with E-state index in [9.17, 15) is 9.18 Å². The van der Waals surface area contributed by atoms with E-state index >= 15 is 0 Å². The average molecular weight is 238 g/mol. The van der Waals surface area contributed by atoms with Gasteiger partial charge in [0.25, 0.3) is 0 Å². The summed E-state index contributed by atoms with van der Waals surface area (Å²) in [6, 6.07) is 4.01. The zero-order valence-electron chi connectivity index (χ0n) is 9.49. The third kappa shape index (κ3) is 2.87. The first-order chi connectivity index (χ1) is 8.16. The highest BCUT2D eigenvalue weighted by Gasteiger charge is 2.19. The topological polar surface area (TPSA) is 55.6 Å². The number of halogens is 1. The van der Waals surface area contributed by atoms with Crippen LogP contribution in [0.5, 0.6) is 5.75 Å². The quantitative estimate of drug-likeness (QED) is 0.764. The van der Waals surface area contributed by atoms with E-state index in [0.717, 1.165) is 25.3 Å². The lowest BCUT2D eigenvalue weighted by molar-refractivity contribution is 0.141. The van der Waals surface area contributed by atoms with Gasteiger partial charge in [0.1, 0.15) is 0 Å². The highest BCUT2D eigenvalue weighted by Crippen LogP contribution is 2.20. The molecule has 0 saturated carbocycles. The van der Waals surface area contributed by atoms with E-state index < -0.39 is 11.9 Å². The van der Waals surface area contributed by atoms with Crippen LogP contribution >= 0.6 is 0 Å². The fourth-order valence-corrected chi connectivity index (χ4v) is 1.83. The lowest BCUT2D eigenvalue weighted by Gasteiger charge is -2.25. The van der Waals surface area contributed by atoms with Crippen LogP contribution in [0.15, 0.2) is 18.2 Å². The molecule has 92 valence electrons. The molecular formula is C12H15FN2O2. The maximum atomic E-state index is 13.4. The number of carbonyl (C=O) groups excluding carboxylic acids is 1. The van der Waals surface area contributed by atoms with E-state index in [1.165, 1.54) is 12.1 Å². The standard InChI is InChI=1S/C12H15FN2O2/c13-10-8-9(14)4-5-11(10)17-12(16)15-6-2-1-3-7-15/h4-5,8H,1-3,6-7,14H2. The van der Waals surface area contributed by atoms with Crippen molar-refractivity contribution in [2.24, 2.45) is 0 Å². The number of likely N-dealkylation sites (tertiary alicyclic amines) is 1. The Kier molecular flexibility index (Phi) is 3.46. The number of hydrogen-bond donors (Lipinski definition) is 1. The van der Waals surface area contributed by atoms with Gasteiger partial charge >= 0.3 is 6.09 Å². The molecule has 2 rings (SSSR count). The van der Waals surface area contributed by atoms with Crippen molar-refractivity contribution in [3.05, 3.63) is 24.0 Å². The molecule has 4 nitrogen and oxygen atoms in total. The van der Waals surface area contributed by atoms with Crippen LogP contribution in [-0.4, -0.2) is 24.1 Å². The number of nitrogens with zero attached hydrogens (tertiary/aromatic N) is 1. The van der Waals surface area contributed by atoms with Crippen LogP contribution < -0.4 is 10.5 Å². The van der Waals surface area contributed by atoms with Gasteiger partial charge in [-0.05, 0) is 31.4 Å². The molecule has 1 aliphatic heterocycles. The number of benzene rings is 1. The molecule has 0 unspecified atom stereocenters. The monoisotopic (exact) mass is 238 g/mol. The number of piperidine rings is 1. The van der Waals surface area contributed by atoms with Gasteiger partial charge in [-0.15, -0.1) is 0 Å². The number of nitrogen functional groups attached to an aromatic ring is 1. The molecule has 0 spiro atoms. The molecule has 0 aliphatic carbocycles. The van der Waals surface area contributed by atoms with Crippen molar-refractivity contribution in [3.63, 3.8) is 0 Å². The molecule has 2 N–H and O–H groups in total. The second kappa shape index (κ2) is 5.03. The van der Waals surface area contributed by atoms with Gasteiger partial charge in [0.2, 0.25) is 0 Å². The van der Waals surface area contributed by atoms with Crippen molar-refractivity contribution in [2.75, 3.05) is 18.8 Å². The summed E-state index contributed by atoms with van der Waals surface area (Å²) in [6.07, 6.45) is 2.58. The van der Waals surface area contributed by atoms with E-state index in [4.69, 9.17) is 10.5 Å². The maximum absolute atomic E-state index is 13.4. The highest BCUT2D eigenvalue weighted by atomic mass is 19.1. The SMILES string of the molecule is Nc1ccc(OC(=O)N2CCCCC2)c(F)c1. The van der Waals surface area contributed by atoms with E-state index in [1.807, 2.05) is 0 Å². The number of ether oxygens (including phenoxy) is 1. The molecule has 5 heteroatoms. The van der Waals surface area contributed by atoms with E-state index in [-0.39, 0.29) is 5.75 Å². The van der Waals surface area contributed by atoms with Crippen LogP contribution in [0.1, 0.15) is 19.3 Å². The molecule has 1 fully saturated rings. The smallest absolute Gasteiger partial charge is 0.407 e. The summed E-state index contributed by atoms with van der Waals surface area (Å²) in [7, 11) is 0. The Labute approximate surface area is 99.2 Å². The molecule has 1 heterocycles. The second-order valence-electron chi connectivity index (χ2n) is 4.11. The Bertz CT molecular complexity index is 417. The molecule has 1 aromatic rings. The van der Waals surface area contributed by atoms with E-state index in [0.29, 0.717) is 18.8 Å². The Balaban J connectivity index is 2.02. The summed E-state index contributed by atoms with van der Waals surface area (Å²) in [4.78, 5) is 13.3. The van der Waals surface area contributed by atoms with Crippen molar-refractivity contribution in [3.8, 4) is 5.75 Å². The molecule has 1 saturated heterocycles. The Hall–Kier alpha value is -1.78. The Morgan fingerprint density at radius 1 is 1.29 bits per heavy atom. The second-order valence-corrected chi connectivity index (χ2v) is 4.11. The number of anilines is 1. The van der Waals surface area contributed by atoms with Gasteiger partial charge < -0.3 is 15.4 Å². The molecule has 17 heavy (non-hydrogen) atoms. The van der Waals surface area contributed by atoms with Crippen molar-refractivity contribution in [1.29, 1.82) is 0 Å². The third-order valence-electron chi connectivity index (χ3n) is 2.77. The molecule has 0 atom stereocenters. The van der Waals surface area contributed by atoms with E-state index in [2.05, 4.69) is 0 Å². The first kappa shape index (κ1) is 11.7. The van der Waals surface area contributed by atoms with Crippen LogP contribution in [0.25, 0.3) is 0 Å². The number of rotatable bonds is 1. The van der Waals surface area contributed by atoms with Gasteiger partial charge in [0, 0.05) is 24.8 Å². The molecular weight excluding hydrogens is 223 g/mol. The van der Waals surface area contributed by atoms with Gasteiger partial charge in [-0.3, -0.25) is 0 Å². The Morgan fingerprint density at radius 3 is 2.65 bits per heavy atom. The van der Waals surface area contributed by atoms with Gasteiger partial charge in [-0.25, -0.2) is 9.18 Å². The summed E-state index contributed by atoms with van der Waals surface area (Å²) < 4.78 is 18.4. The van der Waals surface area contributed by atoms with Crippen molar-refractivity contribution >= 4 is 11.8 Å². The van der Waals surface area contributed by atoms with Crippen LogP contribution in [-0.2, 0) is 0 Å². The minimum atomic E-state index is -0.615. The lowest BCUT2D eigenvalue weighted by Crippen LogP contribution is -2.37. The summed E-state index contributed by atoms with van der Waals surface area (Å²) in [5.41, 5.74) is 5.72. The molecule has 1 amide bonds. The van der Waals surface area contributed by atoms with Gasteiger partial charge in [-0.1, -0.05) is 0 Å². The van der Waals surface area contributed by atoms with Crippen molar-refractivity contribution in [2.45, 2.75) is 19.3 Å². The molecule has 0 bridgehead atoms. The summed E-state index contributed by atoms with van der Waals surface area (Å²) >= 11 is 0. The van der Waals surface area contributed by atoms with Gasteiger partial charge in [0.15, 0.2) is 11.6 Å². The van der Waals surface area contributed by atoms with Gasteiger partial charge in [0.05, 0.1) is 0 Å². The lowest BCUT2D eigenvalue weighted by atomic mass is 10.1. The number of amides is 1. The Morgan fingerprint density at radius 2 is 2.00 bits per heavy atom. The van der Waals surface area contributed by atoms with Crippen molar-refractivity contribution in [1.82, 2.24) is 4.90 Å². The minimum absolute atomic E-state index is 0.0743. The molecule has 1 aromatic carbocycles. The largest absolute Gasteiger partial charge is 0.415 e. The first-order valence-corrected chi connectivity index (χ1v) is 5.68. The molecule has 0 aromatic heterocycles. The summed E-state index contributed by atoms with van der Waals surface area (Å²) in [5, 5.41) is 0. The zero-order valence-corrected chi connectivity index (χ0v) is 9.49. The number of carbonyl (C=O) groups is 1. The molecule has 1 aliphatic rings. The fraction of sp³-hybridized carbons (Fsp3) is 0.417. The minimum Gasteiger partial charge on any atom is -0.407 e. The van der Waals surface area contributed by atoms with Crippen LogP contribution in [0.4, 0.5) is 14.9 Å². The predicted molar refractivity (Wildman–Crippen MR) is 62.3 cm³/mol. The summed E-state index contributed by atoms with van der Waals surface area (Å²) in [6.45, 7) is 1.35. The van der Waals surface area contributed by atoms with Crippen molar-refractivity contribution < 1.29 is 13.9 Å². The third-order valence-corrected chi connectivity index (χ3v) is 2.77. The van der Waals surface area contributed by atoms with Crippen LogP contribution in [0.3, 0.4) is 0 Å². The predicted octanol–water partition coefficient (Wildman–Crippen LogP) is 2.39. The van der Waals surface area contributed by atoms with Crippen LogP contribution in [0.2, 0.25) is 0 Å². The average Bonchev–Trinajstić information content (AvgIpc) is 2.34. The normalized spacial score (nSPS) is 15.7. The first-order valence-electron chi connectivity index (χ1n) is 5.68. The number of hydrogen-bond acceptors (Lipinski definition) is 3. The molecule has 0 radical (unpaired) electrons. The van der Waals surface area contributed by atoms with Crippen LogP contribution in [0, 0.1) is 5.82 Å².